The van der Waals surface area contributed by atoms with Crippen LogP contribution < -0.4 is 0 Å². The fourth-order valence-electron chi connectivity index (χ4n) is 1.19. The van der Waals surface area contributed by atoms with Crippen LogP contribution in [0.15, 0.2) is 0 Å². The van der Waals surface area contributed by atoms with Crippen molar-refractivity contribution in [3.05, 3.63) is 10.6 Å². The van der Waals surface area contributed by atoms with Gasteiger partial charge in [-0.1, -0.05) is 13.8 Å². The standard InChI is InChI=1S/C8H15N3OS/c1-5(2)4-11-7(6(3)12)9-10-8(11)13/h5-6,12H,4H2,1-3H3,(H,10,13)/t6-/m0/s1. The predicted molar refractivity (Wildman–Crippen MR) is 52.9 cm³/mol. The molecule has 0 aliphatic carbocycles. The van der Waals surface area contributed by atoms with Crippen LogP contribution in [0.1, 0.15) is 32.7 Å². The highest BCUT2D eigenvalue weighted by atomic mass is 32.1. The second-order valence-electron chi connectivity index (χ2n) is 3.57. The number of nitrogens with one attached hydrogen (secondary N) is 1. The number of hydrogen-bond acceptors (Lipinski definition) is 3. The zero-order chi connectivity index (χ0) is 10.0. The summed E-state index contributed by atoms with van der Waals surface area (Å²) < 4.78 is 2.41. The molecular weight excluding hydrogens is 186 g/mol. The summed E-state index contributed by atoms with van der Waals surface area (Å²) in [6.07, 6.45) is -0.577. The van der Waals surface area contributed by atoms with Crippen LogP contribution in [-0.2, 0) is 6.54 Å². The molecule has 13 heavy (non-hydrogen) atoms. The highest BCUT2D eigenvalue weighted by molar-refractivity contribution is 7.71. The van der Waals surface area contributed by atoms with Gasteiger partial charge in [0.05, 0.1) is 0 Å². The molecule has 0 aromatic carbocycles. The molecule has 1 heterocycles. The van der Waals surface area contributed by atoms with Gasteiger partial charge in [-0.3, -0.25) is 5.10 Å². The van der Waals surface area contributed by atoms with Gasteiger partial charge in [0, 0.05) is 6.54 Å². The van der Waals surface area contributed by atoms with Crippen molar-refractivity contribution < 1.29 is 5.11 Å². The third-order valence-corrected chi connectivity index (χ3v) is 2.02. The monoisotopic (exact) mass is 201 g/mol. The Bertz CT molecular complexity index is 326. The fourth-order valence-corrected chi connectivity index (χ4v) is 1.40. The quantitative estimate of drug-likeness (QED) is 0.731. The molecule has 0 amide bonds. The van der Waals surface area contributed by atoms with E-state index in [0.717, 1.165) is 6.54 Å². The molecule has 0 fully saturated rings. The topological polar surface area (TPSA) is 53.8 Å². The van der Waals surface area contributed by atoms with E-state index in [9.17, 15) is 5.11 Å². The Labute approximate surface area is 82.6 Å². The minimum Gasteiger partial charge on any atom is -0.385 e. The highest BCUT2D eigenvalue weighted by Gasteiger charge is 2.11. The number of H-pyrrole nitrogens is 1. The molecule has 1 rings (SSSR count). The minimum absolute atomic E-state index is 0.488. The Morgan fingerprint density at radius 2 is 2.15 bits per heavy atom. The van der Waals surface area contributed by atoms with Crippen LogP contribution in [0.2, 0.25) is 0 Å². The lowest BCUT2D eigenvalue weighted by Gasteiger charge is -2.10. The van der Waals surface area contributed by atoms with Gasteiger partial charge in [0.15, 0.2) is 10.6 Å². The van der Waals surface area contributed by atoms with Crippen LogP contribution in [0.25, 0.3) is 0 Å². The van der Waals surface area contributed by atoms with Crippen molar-refractivity contribution in [2.24, 2.45) is 5.92 Å². The van der Waals surface area contributed by atoms with Gasteiger partial charge in [0.25, 0.3) is 0 Å². The Hall–Kier alpha value is -0.680. The zero-order valence-corrected chi connectivity index (χ0v) is 8.93. The average molecular weight is 201 g/mol. The molecule has 0 aliphatic rings. The van der Waals surface area contributed by atoms with Crippen molar-refractivity contribution in [1.82, 2.24) is 14.8 Å². The van der Waals surface area contributed by atoms with E-state index < -0.39 is 6.10 Å². The molecule has 1 atom stereocenters. The van der Waals surface area contributed by atoms with Crippen molar-refractivity contribution in [3.63, 3.8) is 0 Å². The first-order chi connectivity index (χ1) is 6.02. The molecule has 1 aromatic heterocycles. The third kappa shape index (κ3) is 2.38. The maximum Gasteiger partial charge on any atom is 0.195 e. The van der Waals surface area contributed by atoms with Gasteiger partial charge in [-0.15, -0.1) is 0 Å². The Balaban J connectivity index is 3.02. The summed E-state index contributed by atoms with van der Waals surface area (Å²) in [5, 5.41) is 16.0. The Morgan fingerprint density at radius 3 is 2.62 bits per heavy atom. The normalized spacial score (nSPS) is 13.6. The third-order valence-electron chi connectivity index (χ3n) is 1.71. The van der Waals surface area contributed by atoms with Crippen LogP contribution in [0.5, 0.6) is 0 Å². The zero-order valence-electron chi connectivity index (χ0n) is 8.11. The van der Waals surface area contributed by atoms with Crippen molar-refractivity contribution in [3.8, 4) is 0 Å². The first-order valence-corrected chi connectivity index (χ1v) is 4.76. The molecule has 0 unspecified atom stereocenters. The molecule has 4 nitrogen and oxygen atoms in total. The second-order valence-corrected chi connectivity index (χ2v) is 3.95. The number of hydrogen-bond donors (Lipinski definition) is 2. The Kier molecular flexibility index (Phi) is 3.22. The van der Waals surface area contributed by atoms with Crippen molar-refractivity contribution >= 4 is 12.2 Å². The molecule has 0 bridgehead atoms. The summed E-state index contributed by atoms with van der Waals surface area (Å²) >= 11 is 5.04. The van der Waals surface area contributed by atoms with Crippen molar-refractivity contribution in [2.45, 2.75) is 33.4 Å². The largest absolute Gasteiger partial charge is 0.385 e. The average Bonchev–Trinajstić information content (AvgIpc) is 2.32. The number of nitrogens with zero attached hydrogens (tertiary/aromatic N) is 2. The summed E-state index contributed by atoms with van der Waals surface area (Å²) in [4.78, 5) is 0. The smallest absolute Gasteiger partial charge is 0.195 e. The lowest BCUT2D eigenvalue weighted by atomic mass is 10.2. The van der Waals surface area contributed by atoms with E-state index in [1.807, 2.05) is 4.57 Å². The van der Waals surface area contributed by atoms with Gasteiger partial charge in [0.1, 0.15) is 6.10 Å². The Morgan fingerprint density at radius 1 is 1.54 bits per heavy atom. The molecule has 0 spiro atoms. The molecule has 2 N–H and O–H groups in total. The SMILES string of the molecule is CC(C)Cn1c([C@H](C)O)n[nH]c1=S. The van der Waals surface area contributed by atoms with Gasteiger partial charge in [-0.2, -0.15) is 5.10 Å². The van der Waals surface area contributed by atoms with E-state index in [-0.39, 0.29) is 0 Å². The number of aliphatic hydroxyl groups is 1. The molecule has 0 saturated heterocycles. The fraction of sp³-hybridized carbons (Fsp3) is 0.750. The first-order valence-electron chi connectivity index (χ1n) is 4.35. The molecule has 0 radical (unpaired) electrons. The summed E-state index contributed by atoms with van der Waals surface area (Å²) in [5.41, 5.74) is 0. The summed E-state index contributed by atoms with van der Waals surface area (Å²) in [7, 11) is 0. The van der Waals surface area contributed by atoms with E-state index in [1.54, 1.807) is 6.92 Å². The van der Waals surface area contributed by atoms with E-state index in [1.165, 1.54) is 0 Å². The van der Waals surface area contributed by atoms with Gasteiger partial charge in [-0.05, 0) is 25.1 Å². The highest BCUT2D eigenvalue weighted by Crippen LogP contribution is 2.11. The van der Waals surface area contributed by atoms with Crippen LogP contribution in [0.4, 0.5) is 0 Å². The summed E-state index contributed by atoms with van der Waals surface area (Å²) in [6.45, 7) is 6.67. The maximum atomic E-state index is 9.38. The van der Waals surface area contributed by atoms with Gasteiger partial charge >= 0.3 is 0 Å². The van der Waals surface area contributed by atoms with Crippen molar-refractivity contribution in [1.29, 1.82) is 0 Å². The van der Waals surface area contributed by atoms with E-state index in [0.29, 0.717) is 16.5 Å². The minimum atomic E-state index is -0.577. The van der Waals surface area contributed by atoms with E-state index in [2.05, 4.69) is 24.0 Å². The number of aromatic amines is 1. The first kappa shape index (κ1) is 10.4. The molecule has 5 heteroatoms. The van der Waals surface area contributed by atoms with E-state index in [4.69, 9.17) is 12.2 Å². The molecular formula is C8H15N3OS. The molecule has 0 aliphatic heterocycles. The number of aliphatic hydroxyl groups excluding tert-OH is 1. The van der Waals surface area contributed by atoms with Gasteiger partial charge in [0.2, 0.25) is 0 Å². The van der Waals surface area contributed by atoms with Crippen LogP contribution in [0, 0.1) is 10.7 Å². The van der Waals surface area contributed by atoms with Crippen molar-refractivity contribution in [2.75, 3.05) is 0 Å². The van der Waals surface area contributed by atoms with Crippen LogP contribution in [0.3, 0.4) is 0 Å². The summed E-state index contributed by atoms with van der Waals surface area (Å²) in [5.74, 6) is 1.10. The number of rotatable bonds is 3. The molecule has 0 saturated carbocycles. The van der Waals surface area contributed by atoms with Crippen LogP contribution in [-0.4, -0.2) is 19.9 Å². The number of aromatic nitrogens is 3. The second kappa shape index (κ2) is 4.02. The lowest BCUT2D eigenvalue weighted by molar-refractivity contribution is 0.181. The molecule has 1 aromatic rings. The summed E-state index contributed by atoms with van der Waals surface area (Å²) in [6, 6.07) is 0. The van der Waals surface area contributed by atoms with Crippen LogP contribution >= 0.6 is 12.2 Å². The predicted octanol–water partition coefficient (Wildman–Crippen LogP) is 1.65. The lowest BCUT2D eigenvalue weighted by Crippen LogP contribution is -2.10. The molecule has 74 valence electrons. The maximum absolute atomic E-state index is 9.38. The van der Waals surface area contributed by atoms with Gasteiger partial charge < -0.3 is 9.67 Å². The van der Waals surface area contributed by atoms with E-state index >= 15 is 0 Å². The van der Waals surface area contributed by atoms with Gasteiger partial charge in [-0.25, -0.2) is 0 Å².